The number of nitriles is 1. The highest BCUT2D eigenvalue weighted by Crippen LogP contribution is 2.32. The Kier molecular flexibility index (Phi) is 7.36. The molecule has 24 heavy (non-hydrogen) atoms. The number of likely N-dealkylation sites (N-methyl/N-ethyl adjacent to an activating group) is 1. The molecule has 1 unspecified atom stereocenters. The van der Waals surface area contributed by atoms with Crippen LogP contribution in [0.3, 0.4) is 0 Å². The van der Waals surface area contributed by atoms with Crippen LogP contribution in [0.1, 0.15) is 38.3 Å². The quantitative estimate of drug-likeness (QED) is 0.685. The van der Waals surface area contributed by atoms with Crippen LogP contribution >= 0.6 is 0 Å². The largest absolute Gasteiger partial charge is 0.493 e. The maximum atomic E-state index is 9.71. The fourth-order valence-corrected chi connectivity index (χ4v) is 3.01. The first-order chi connectivity index (χ1) is 11.7. The van der Waals surface area contributed by atoms with Gasteiger partial charge < -0.3 is 14.4 Å². The molecule has 0 radical (unpaired) electrons. The van der Waals surface area contributed by atoms with Crippen LogP contribution in [0.25, 0.3) is 0 Å². The zero-order chi connectivity index (χ0) is 17.4. The SMILES string of the molecule is CCCCOc1cc(C(C#N)N2CCN(CC)CC2)ccc1OC. The van der Waals surface area contributed by atoms with E-state index in [-0.39, 0.29) is 6.04 Å². The molecular formula is C19H29N3O2. The predicted molar refractivity (Wildman–Crippen MR) is 95.4 cm³/mol. The molecule has 1 aliphatic rings. The molecule has 132 valence electrons. The zero-order valence-electron chi connectivity index (χ0n) is 15.1. The second-order valence-corrected chi connectivity index (χ2v) is 6.11. The highest BCUT2D eigenvalue weighted by molar-refractivity contribution is 5.45. The molecule has 1 fully saturated rings. The summed E-state index contributed by atoms with van der Waals surface area (Å²) in [6, 6.07) is 8.08. The van der Waals surface area contributed by atoms with Gasteiger partial charge in [-0.05, 0) is 30.7 Å². The van der Waals surface area contributed by atoms with Crippen LogP contribution in [0, 0.1) is 11.3 Å². The Labute approximate surface area is 145 Å². The number of ether oxygens (including phenoxy) is 2. The van der Waals surface area contributed by atoms with Gasteiger partial charge in [0.05, 0.1) is 19.8 Å². The van der Waals surface area contributed by atoms with Gasteiger partial charge in [-0.25, -0.2) is 0 Å². The molecule has 1 heterocycles. The molecule has 0 aromatic heterocycles. The Morgan fingerprint density at radius 2 is 1.92 bits per heavy atom. The number of rotatable bonds is 8. The first kappa shape index (κ1) is 18.6. The summed E-state index contributed by atoms with van der Waals surface area (Å²) < 4.78 is 11.3. The molecule has 1 aromatic rings. The molecule has 0 saturated carbocycles. The van der Waals surface area contributed by atoms with Crippen molar-refractivity contribution in [2.45, 2.75) is 32.7 Å². The monoisotopic (exact) mass is 331 g/mol. The molecule has 5 heteroatoms. The van der Waals surface area contributed by atoms with Crippen LogP contribution in [-0.2, 0) is 0 Å². The number of unbranched alkanes of at least 4 members (excludes halogenated alkanes) is 1. The maximum Gasteiger partial charge on any atom is 0.161 e. The van der Waals surface area contributed by atoms with Gasteiger partial charge in [0.25, 0.3) is 0 Å². The molecule has 0 N–H and O–H groups in total. The maximum absolute atomic E-state index is 9.71. The second kappa shape index (κ2) is 9.51. The third-order valence-electron chi connectivity index (χ3n) is 4.60. The van der Waals surface area contributed by atoms with Gasteiger partial charge in [0.2, 0.25) is 0 Å². The van der Waals surface area contributed by atoms with Crippen molar-refractivity contribution < 1.29 is 9.47 Å². The number of piperazine rings is 1. The molecule has 0 aliphatic carbocycles. The Hall–Kier alpha value is -1.77. The van der Waals surface area contributed by atoms with E-state index >= 15 is 0 Å². The van der Waals surface area contributed by atoms with E-state index in [1.807, 2.05) is 18.2 Å². The van der Waals surface area contributed by atoms with Crippen molar-refractivity contribution in [3.8, 4) is 17.6 Å². The van der Waals surface area contributed by atoms with Gasteiger partial charge in [-0.1, -0.05) is 26.3 Å². The zero-order valence-corrected chi connectivity index (χ0v) is 15.1. The molecular weight excluding hydrogens is 302 g/mol. The molecule has 0 spiro atoms. The summed E-state index contributed by atoms with van der Waals surface area (Å²) in [7, 11) is 1.65. The lowest BCUT2D eigenvalue weighted by Gasteiger charge is -2.36. The summed E-state index contributed by atoms with van der Waals surface area (Å²) >= 11 is 0. The topological polar surface area (TPSA) is 48.7 Å². The molecule has 2 rings (SSSR count). The molecule has 1 atom stereocenters. The summed E-state index contributed by atoms with van der Waals surface area (Å²) in [4.78, 5) is 4.67. The highest BCUT2D eigenvalue weighted by atomic mass is 16.5. The minimum Gasteiger partial charge on any atom is -0.493 e. The van der Waals surface area contributed by atoms with E-state index < -0.39 is 0 Å². The summed E-state index contributed by atoms with van der Waals surface area (Å²) in [6.45, 7) is 9.94. The van der Waals surface area contributed by atoms with Crippen LogP contribution in [-0.4, -0.2) is 56.2 Å². The molecule has 1 aliphatic heterocycles. The molecule has 0 bridgehead atoms. The lowest BCUT2D eigenvalue weighted by atomic mass is 10.0. The Bertz CT molecular complexity index is 548. The van der Waals surface area contributed by atoms with Crippen molar-refractivity contribution in [1.82, 2.24) is 9.80 Å². The number of hydrogen-bond acceptors (Lipinski definition) is 5. The normalized spacial score (nSPS) is 17.2. The Morgan fingerprint density at radius 1 is 1.17 bits per heavy atom. The van der Waals surface area contributed by atoms with Gasteiger partial charge in [-0.2, -0.15) is 5.26 Å². The fraction of sp³-hybridized carbons (Fsp3) is 0.632. The van der Waals surface area contributed by atoms with E-state index in [0.29, 0.717) is 6.61 Å². The van der Waals surface area contributed by atoms with Gasteiger partial charge in [-0.3, -0.25) is 4.90 Å². The first-order valence-electron chi connectivity index (χ1n) is 8.90. The summed E-state index contributed by atoms with van der Waals surface area (Å²) in [5, 5.41) is 9.71. The van der Waals surface area contributed by atoms with E-state index in [1.165, 1.54) is 0 Å². The minimum atomic E-state index is -0.233. The van der Waals surface area contributed by atoms with Gasteiger partial charge in [0, 0.05) is 26.2 Å². The average molecular weight is 331 g/mol. The summed E-state index contributed by atoms with van der Waals surface area (Å²) in [5.74, 6) is 1.46. The number of hydrogen-bond donors (Lipinski definition) is 0. The fourth-order valence-electron chi connectivity index (χ4n) is 3.01. The average Bonchev–Trinajstić information content (AvgIpc) is 2.63. The van der Waals surface area contributed by atoms with Crippen molar-refractivity contribution in [2.24, 2.45) is 0 Å². The summed E-state index contributed by atoms with van der Waals surface area (Å²) in [6.07, 6.45) is 2.10. The van der Waals surface area contributed by atoms with Gasteiger partial charge in [0.1, 0.15) is 6.04 Å². The van der Waals surface area contributed by atoms with Gasteiger partial charge >= 0.3 is 0 Å². The smallest absolute Gasteiger partial charge is 0.161 e. The molecule has 1 aromatic carbocycles. The number of nitrogens with zero attached hydrogens (tertiary/aromatic N) is 3. The Balaban J connectivity index is 2.13. The van der Waals surface area contributed by atoms with Crippen molar-refractivity contribution in [2.75, 3.05) is 46.4 Å². The third kappa shape index (κ3) is 4.62. The van der Waals surface area contributed by atoms with Gasteiger partial charge in [0.15, 0.2) is 11.5 Å². The third-order valence-corrected chi connectivity index (χ3v) is 4.60. The number of methoxy groups -OCH3 is 1. The second-order valence-electron chi connectivity index (χ2n) is 6.11. The minimum absolute atomic E-state index is 0.233. The van der Waals surface area contributed by atoms with Crippen LogP contribution in [0.15, 0.2) is 18.2 Å². The van der Waals surface area contributed by atoms with Gasteiger partial charge in [-0.15, -0.1) is 0 Å². The predicted octanol–water partition coefficient (Wildman–Crippen LogP) is 3.08. The highest BCUT2D eigenvalue weighted by Gasteiger charge is 2.25. The van der Waals surface area contributed by atoms with Crippen LogP contribution in [0.4, 0.5) is 0 Å². The van der Waals surface area contributed by atoms with Crippen molar-refractivity contribution in [3.63, 3.8) is 0 Å². The van der Waals surface area contributed by atoms with E-state index in [0.717, 1.165) is 62.6 Å². The van der Waals surface area contributed by atoms with Crippen molar-refractivity contribution in [1.29, 1.82) is 5.26 Å². The molecule has 0 amide bonds. The van der Waals surface area contributed by atoms with Crippen LogP contribution in [0.5, 0.6) is 11.5 Å². The standard InChI is InChI=1S/C19H29N3O2/c1-4-6-13-24-19-14-16(7-8-18(19)23-3)17(15-20)22-11-9-21(5-2)10-12-22/h7-8,14,17H,4-6,9-13H2,1-3H3. The van der Waals surface area contributed by atoms with E-state index in [2.05, 4.69) is 29.7 Å². The van der Waals surface area contributed by atoms with Crippen LogP contribution in [0.2, 0.25) is 0 Å². The summed E-state index contributed by atoms with van der Waals surface area (Å²) in [5.41, 5.74) is 0.981. The molecule has 5 nitrogen and oxygen atoms in total. The lowest BCUT2D eigenvalue weighted by molar-refractivity contribution is 0.118. The van der Waals surface area contributed by atoms with Crippen molar-refractivity contribution in [3.05, 3.63) is 23.8 Å². The Morgan fingerprint density at radius 3 is 2.50 bits per heavy atom. The molecule has 1 saturated heterocycles. The van der Waals surface area contributed by atoms with Crippen LogP contribution < -0.4 is 9.47 Å². The van der Waals surface area contributed by atoms with E-state index in [1.54, 1.807) is 7.11 Å². The first-order valence-corrected chi connectivity index (χ1v) is 8.90. The number of benzene rings is 1. The lowest BCUT2D eigenvalue weighted by Crippen LogP contribution is -2.47. The van der Waals surface area contributed by atoms with Crippen molar-refractivity contribution >= 4 is 0 Å². The van der Waals surface area contributed by atoms with E-state index in [4.69, 9.17) is 9.47 Å². The van der Waals surface area contributed by atoms with E-state index in [9.17, 15) is 5.26 Å².